The molecule has 0 bridgehead atoms. The molecule has 0 saturated heterocycles. The number of hydrogen-bond acceptors (Lipinski definition) is 4. The number of rotatable bonds is 4. The van der Waals surface area contributed by atoms with Crippen LogP contribution >= 0.6 is 0 Å². The SMILES string of the molecule is CNc1cnc(N(C)CC(=O)O)c2ccc(C)cc12. The lowest BCUT2D eigenvalue weighted by Crippen LogP contribution is -2.26. The second kappa shape index (κ2) is 5.14. The van der Waals surface area contributed by atoms with E-state index in [2.05, 4.69) is 16.4 Å². The molecule has 0 aliphatic carbocycles. The molecule has 2 rings (SSSR count). The summed E-state index contributed by atoms with van der Waals surface area (Å²) in [6.07, 6.45) is 1.73. The molecule has 0 aliphatic heterocycles. The van der Waals surface area contributed by atoms with E-state index in [1.165, 1.54) is 0 Å². The van der Waals surface area contributed by atoms with Gasteiger partial charge in [0.25, 0.3) is 0 Å². The normalized spacial score (nSPS) is 10.5. The van der Waals surface area contributed by atoms with Gasteiger partial charge < -0.3 is 15.3 Å². The minimum Gasteiger partial charge on any atom is -0.480 e. The summed E-state index contributed by atoms with van der Waals surface area (Å²) in [6, 6.07) is 6.05. The van der Waals surface area contributed by atoms with Gasteiger partial charge in [-0.05, 0) is 13.0 Å². The number of fused-ring (bicyclic) bond motifs is 1. The molecule has 0 aliphatic rings. The third-order valence-electron chi connectivity index (χ3n) is 3.03. The van der Waals surface area contributed by atoms with E-state index in [9.17, 15) is 4.79 Å². The van der Waals surface area contributed by atoms with E-state index in [-0.39, 0.29) is 6.54 Å². The lowest BCUT2D eigenvalue weighted by atomic mass is 10.1. The monoisotopic (exact) mass is 259 g/mol. The van der Waals surface area contributed by atoms with Gasteiger partial charge in [-0.2, -0.15) is 0 Å². The van der Waals surface area contributed by atoms with Gasteiger partial charge in [0.05, 0.1) is 11.9 Å². The van der Waals surface area contributed by atoms with Gasteiger partial charge in [-0.3, -0.25) is 4.79 Å². The first-order valence-corrected chi connectivity index (χ1v) is 6.03. The van der Waals surface area contributed by atoms with E-state index in [1.807, 2.05) is 26.1 Å². The Kier molecular flexibility index (Phi) is 3.55. The molecule has 0 amide bonds. The minimum atomic E-state index is -0.873. The molecule has 19 heavy (non-hydrogen) atoms. The Balaban J connectivity index is 2.60. The van der Waals surface area contributed by atoms with Gasteiger partial charge in [-0.15, -0.1) is 0 Å². The summed E-state index contributed by atoms with van der Waals surface area (Å²) in [6.45, 7) is 1.95. The summed E-state index contributed by atoms with van der Waals surface area (Å²) < 4.78 is 0. The van der Waals surface area contributed by atoms with Crippen molar-refractivity contribution in [2.75, 3.05) is 30.9 Å². The van der Waals surface area contributed by atoms with Crippen LogP contribution in [0.2, 0.25) is 0 Å². The lowest BCUT2D eigenvalue weighted by Gasteiger charge is -2.19. The molecule has 5 heteroatoms. The van der Waals surface area contributed by atoms with Gasteiger partial charge in [0.1, 0.15) is 12.4 Å². The third kappa shape index (κ3) is 2.59. The number of hydrogen-bond donors (Lipinski definition) is 2. The molecule has 0 fully saturated rings. The Hall–Kier alpha value is -2.30. The number of nitrogens with one attached hydrogen (secondary N) is 1. The number of aliphatic carboxylic acids is 1. The summed E-state index contributed by atoms with van der Waals surface area (Å²) in [5, 5.41) is 14.0. The highest BCUT2D eigenvalue weighted by molar-refractivity contribution is 6.00. The Labute approximate surface area is 111 Å². The van der Waals surface area contributed by atoms with Gasteiger partial charge in [0.2, 0.25) is 0 Å². The fourth-order valence-corrected chi connectivity index (χ4v) is 2.12. The Morgan fingerprint density at radius 3 is 2.79 bits per heavy atom. The Bertz CT molecular complexity index is 625. The van der Waals surface area contributed by atoms with Gasteiger partial charge in [0, 0.05) is 24.9 Å². The maximum atomic E-state index is 10.8. The maximum absolute atomic E-state index is 10.8. The molecule has 0 unspecified atom stereocenters. The highest BCUT2D eigenvalue weighted by atomic mass is 16.4. The second-order valence-electron chi connectivity index (χ2n) is 4.54. The molecule has 0 saturated carbocycles. The zero-order chi connectivity index (χ0) is 14.0. The van der Waals surface area contributed by atoms with Crippen molar-refractivity contribution < 1.29 is 9.90 Å². The molecule has 5 nitrogen and oxygen atoms in total. The number of aryl methyl sites for hydroxylation is 1. The first-order chi connectivity index (χ1) is 9.02. The van der Waals surface area contributed by atoms with Crippen LogP contribution in [0, 0.1) is 6.92 Å². The van der Waals surface area contributed by atoms with Gasteiger partial charge in [-0.25, -0.2) is 4.98 Å². The number of anilines is 2. The maximum Gasteiger partial charge on any atom is 0.323 e. The first-order valence-electron chi connectivity index (χ1n) is 6.03. The van der Waals surface area contributed by atoms with Crippen LogP contribution in [0.5, 0.6) is 0 Å². The van der Waals surface area contributed by atoms with Crippen molar-refractivity contribution in [3.8, 4) is 0 Å². The van der Waals surface area contributed by atoms with Gasteiger partial charge >= 0.3 is 5.97 Å². The number of nitrogens with zero attached hydrogens (tertiary/aromatic N) is 2. The molecular formula is C14H17N3O2. The number of benzene rings is 1. The minimum absolute atomic E-state index is 0.0745. The zero-order valence-corrected chi connectivity index (χ0v) is 11.3. The van der Waals surface area contributed by atoms with Crippen molar-refractivity contribution in [3.63, 3.8) is 0 Å². The summed E-state index contributed by atoms with van der Waals surface area (Å²) >= 11 is 0. The van der Waals surface area contributed by atoms with E-state index in [0.29, 0.717) is 5.82 Å². The first kappa shape index (κ1) is 13.1. The molecule has 1 heterocycles. The zero-order valence-electron chi connectivity index (χ0n) is 11.3. The Morgan fingerprint density at radius 1 is 1.42 bits per heavy atom. The van der Waals surface area contributed by atoms with Crippen LogP contribution < -0.4 is 10.2 Å². The topological polar surface area (TPSA) is 65.5 Å². The predicted octanol–water partition coefficient (Wildman–Crippen LogP) is 2.11. The predicted molar refractivity (Wildman–Crippen MR) is 76.9 cm³/mol. The number of carboxylic acid groups (broad SMARTS) is 1. The van der Waals surface area contributed by atoms with Crippen LogP contribution in [0.4, 0.5) is 11.5 Å². The summed E-state index contributed by atoms with van der Waals surface area (Å²) in [5.74, 6) is -0.196. The van der Waals surface area contributed by atoms with E-state index < -0.39 is 5.97 Å². The molecule has 1 aromatic heterocycles. The van der Waals surface area contributed by atoms with Gasteiger partial charge in [0.15, 0.2) is 0 Å². The molecule has 1 aromatic carbocycles. The summed E-state index contributed by atoms with van der Waals surface area (Å²) in [7, 11) is 3.58. The number of carbonyl (C=O) groups is 1. The largest absolute Gasteiger partial charge is 0.480 e. The number of likely N-dealkylation sites (N-methyl/N-ethyl adjacent to an activating group) is 1. The fraction of sp³-hybridized carbons (Fsp3) is 0.286. The van der Waals surface area contributed by atoms with E-state index >= 15 is 0 Å². The van der Waals surface area contributed by atoms with Crippen LogP contribution in [-0.4, -0.2) is 36.7 Å². The van der Waals surface area contributed by atoms with Crippen molar-refractivity contribution in [1.82, 2.24) is 4.98 Å². The third-order valence-corrected chi connectivity index (χ3v) is 3.03. The Morgan fingerprint density at radius 2 is 2.16 bits per heavy atom. The molecular weight excluding hydrogens is 242 g/mol. The molecule has 0 spiro atoms. The van der Waals surface area contributed by atoms with Crippen molar-refractivity contribution >= 4 is 28.2 Å². The van der Waals surface area contributed by atoms with Crippen LogP contribution in [0.1, 0.15) is 5.56 Å². The van der Waals surface area contributed by atoms with Crippen molar-refractivity contribution in [2.45, 2.75) is 6.92 Å². The molecule has 0 atom stereocenters. The van der Waals surface area contributed by atoms with Crippen molar-refractivity contribution in [1.29, 1.82) is 0 Å². The van der Waals surface area contributed by atoms with Crippen LogP contribution in [-0.2, 0) is 4.79 Å². The lowest BCUT2D eigenvalue weighted by molar-refractivity contribution is -0.135. The van der Waals surface area contributed by atoms with Crippen molar-refractivity contribution in [2.24, 2.45) is 0 Å². The number of carboxylic acids is 1. The quantitative estimate of drug-likeness (QED) is 0.880. The van der Waals surface area contributed by atoms with Crippen LogP contribution in [0.15, 0.2) is 24.4 Å². The summed E-state index contributed by atoms with van der Waals surface area (Å²) in [5.41, 5.74) is 2.09. The van der Waals surface area contributed by atoms with E-state index in [1.54, 1.807) is 18.1 Å². The second-order valence-corrected chi connectivity index (χ2v) is 4.54. The smallest absolute Gasteiger partial charge is 0.323 e. The van der Waals surface area contributed by atoms with E-state index in [0.717, 1.165) is 22.0 Å². The number of aromatic nitrogens is 1. The van der Waals surface area contributed by atoms with Gasteiger partial charge in [-0.1, -0.05) is 17.7 Å². The van der Waals surface area contributed by atoms with Crippen molar-refractivity contribution in [3.05, 3.63) is 30.0 Å². The van der Waals surface area contributed by atoms with E-state index in [4.69, 9.17) is 5.11 Å². The highest BCUT2D eigenvalue weighted by Gasteiger charge is 2.12. The summed E-state index contributed by atoms with van der Waals surface area (Å²) in [4.78, 5) is 16.8. The van der Waals surface area contributed by atoms with Crippen LogP contribution in [0.25, 0.3) is 10.8 Å². The average Bonchev–Trinajstić information content (AvgIpc) is 2.36. The molecule has 100 valence electrons. The molecule has 0 radical (unpaired) electrons. The average molecular weight is 259 g/mol. The molecule has 2 N–H and O–H groups in total. The highest BCUT2D eigenvalue weighted by Crippen LogP contribution is 2.30. The number of pyridine rings is 1. The van der Waals surface area contributed by atoms with Crippen LogP contribution in [0.3, 0.4) is 0 Å². The fourth-order valence-electron chi connectivity index (χ4n) is 2.12. The molecule has 2 aromatic rings. The standard InChI is InChI=1S/C14H17N3O2/c1-9-4-5-10-11(6-9)12(15-2)7-16-14(10)17(3)8-13(18)19/h4-7,15H,8H2,1-3H3,(H,18,19).